The molecule has 1 aliphatic carbocycles. The Kier molecular flexibility index (Phi) is 7.93. The first-order chi connectivity index (χ1) is 14.8. The van der Waals surface area contributed by atoms with Gasteiger partial charge < -0.3 is 20.9 Å². The molecule has 1 saturated carbocycles. The lowest BCUT2D eigenvalue weighted by atomic mass is 9.84. The molecule has 1 aromatic rings. The summed E-state index contributed by atoms with van der Waals surface area (Å²) in [5, 5.41) is 9.09. The van der Waals surface area contributed by atoms with Crippen LogP contribution in [0.4, 0.5) is 10.5 Å². The number of piperidine rings is 1. The highest BCUT2D eigenvalue weighted by Gasteiger charge is 2.32. The van der Waals surface area contributed by atoms with Crippen LogP contribution in [0.1, 0.15) is 57.9 Å². The second-order valence-electron chi connectivity index (χ2n) is 9.32. The molecule has 1 saturated heterocycles. The van der Waals surface area contributed by atoms with Crippen LogP contribution in [0.3, 0.4) is 0 Å². The van der Waals surface area contributed by atoms with Gasteiger partial charge >= 0.3 is 6.03 Å². The lowest BCUT2D eigenvalue weighted by molar-refractivity contribution is -0.130. The van der Waals surface area contributed by atoms with Crippen LogP contribution in [0.25, 0.3) is 0 Å². The third kappa shape index (κ3) is 6.71. The zero-order valence-corrected chi connectivity index (χ0v) is 18.9. The smallest absolute Gasteiger partial charge is 0.321 e. The largest absolute Gasteiger partial charge is 0.354 e. The predicted molar refractivity (Wildman–Crippen MR) is 122 cm³/mol. The molecule has 7 heteroatoms. The van der Waals surface area contributed by atoms with Crippen molar-refractivity contribution >= 4 is 23.5 Å². The van der Waals surface area contributed by atoms with Crippen LogP contribution >= 0.6 is 0 Å². The highest BCUT2D eigenvalue weighted by molar-refractivity contribution is 5.90. The Bertz CT molecular complexity index is 795. The first-order valence-electron chi connectivity index (χ1n) is 11.5. The number of carbonyl (C=O) groups excluding carboxylic acids is 3. The van der Waals surface area contributed by atoms with Gasteiger partial charge in [-0.1, -0.05) is 18.6 Å². The van der Waals surface area contributed by atoms with Crippen LogP contribution in [0.15, 0.2) is 24.3 Å². The van der Waals surface area contributed by atoms with Crippen molar-refractivity contribution in [3.8, 4) is 0 Å². The topological polar surface area (TPSA) is 90.5 Å². The minimum atomic E-state index is -0.207. The molecule has 7 nitrogen and oxygen atoms in total. The summed E-state index contributed by atoms with van der Waals surface area (Å²) in [6.07, 6.45) is 5.00. The molecule has 3 atom stereocenters. The molecule has 170 valence electrons. The van der Waals surface area contributed by atoms with Crippen molar-refractivity contribution in [2.75, 3.05) is 18.4 Å². The maximum absolute atomic E-state index is 12.9. The summed E-state index contributed by atoms with van der Waals surface area (Å²) >= 11 is 0. The van der Waals surface area contributed by atoms with E-state index in [1.54, 1.807) is 4.90 Å². The van der Waals surface area contributed by atoms with Gasteiger partial charge in [0.2, 0.25) is 11.8 Å². The highest BCUT2D eigenvalue weighted by Crippen LogP contribution is 2.26. The number of rotatable bonds is 5. The summed E-state index contributed by atoms with van der Waals surface area (Å²) in [6, 6.07) is 7.69. The molecule has 3 rings (SSSR count). The number of benzene rings is 1. The van der Waals surface area contributed by atoms with E-state index in [9.17, 15) is 14.4 Å². The fourth-order valence-electron chi connectivity index (χ4n) is 4.58. The van der Waals surface area contributed by atoms with Gasteiger partial charge in [-0.15, -0.1) is 0 Å². The SMILES string of the molecule is Cc1cccc(NC(=O)N2CCCC(C(=O)NC3CCCC(C(=O)NC(C)C)C3)C2)c1. The molecule has 31 heavy (non-hydrogen) atoms. The lowest BCUT2D eigenvalue weighted by Crippen LogP contribution is -2.50. The number of hydrogen-bond donors (Lipinski definition) is 3. The molecule has 2 aliphatic rings. The zero-order chi connectivity index (χ0) is 22.4. The van der Waals surface area contributed by atoms with Crippen LogP contribution in [0, 0.1) is 18.8 Å². The molecule has 2 fully saturated rings. The Morgan fingerprint density at radius 1 is 1.03 bits per heavy atom. The first-order valence-corrected chi connectivity index (χ1v) is 11.5. The maximum Gasteiger partial charge on any atom is 0.321 e. The molecule has 1 aliphatic heterocycles. The van der Waals surface area contributed by atoms with Crippen LogP contribution in [0.5, 0.6) is 0 Å². The second kappa shape index (κ2) is 10.6. The number of likely N-dealkylation sites (tertiary alicyclic amines) is 1. The molecular weight excluding hydrogens is 392 g/mol. The summed E-state index contributed by atoms with van der Waals surface area (Å²) < 4.78 is 0. The third-order valence-corrected chi connectivity index (χ3v) is 6.17. The number of aryl methyl sites for hydroxylation is 1. The lowest BCUT2D eigenvalue weighted by Gasteiger charge is -2.34. The van der Waals surface area contributed by atoms with Gasteiger partial charge in [0.15, 0.2) is 0 Å². The summed E-state index contributed by atoms with van der Waals surface area (Å²) in [5.41, 5.74) is 1.85. The minimum Gasteiger partial charge on any atom is -0.354 e. The standard InChI is InChI=1S/C24H36N4O3/c1-16(2)25-22(29)18-8-5-11-21(14-18)26-23(30)19-9-6-12-28(15-19)24(31)27-20-10-4-7-17(3)13-20/h4,7,10,13,16,18-19,21H,5-6,8-9,11-12,14-15H2,1-3H3,(H,25,29)(H,26,30)(H,27,31). The molecule has 0 bridgehead atoms. The van der Waals surface area contributed by atoms with Gasteiger partial charge in [0.1, 0.15) is 0 Å². The van der Waals surface area contributed by atoms with E-state index in [0.717, 1.165) is 43.4 Å². The molecule has 3 unspecified atom stereocenters. The molecule has 0 radical (unpaired) electrons. The van der Waals surface area contributed by atoms with E-state index < -0.39 is 0 Å². The average molecular weight is 429 g/mol. The highest BCUT2D eigenvalue weighted by atomic mass is 16.2. The van der Waals surface area contributed by atoms with Crippen molar-refractivity contribution in [1.29, 1.82) is 0 Å². The van der Waals surface area contributed by atoms with E-state index in [0.29, 0.717) is 19.5 Å². The molecule has 1 heterocycles. The Labute approximate surface area is 185 Å². The molecule has 4 amide bonds. The van der Waals surface area contributed by atoms with Gasteiger partial charge in [-0.25, -0.2) is 4.79 Å². The Morgan fingerprint density at radius 2 is 1.81 bits per heavy atom. The Hall–Kier alpha value is -2.57. The number of nitrogens with one attached hydrogen (secondary N) is 3. The van der Waals surface area contributed by atoms with E-state index in [4.69, 9.17) is 0 Å². The number of nitrogens with zero attached hydrogens (tertiary/aromatic N) is 1. The van der Waals surface area contributed by atoms with E-state index in [1.807, 2.05) is 45.0 Å². The number of amides is 4. The van der Waals surface area contributed by atoms with Crippen LogP contribution in [-0.2, 0) is 9.59 Å². The van der Waals surface area contributed by atoms with Crippen LogP contribution < -0.4 is 16.0 Å². The molecular formula is C24H36N4O3. The molecule has 3 N–H and O–H groups in total. The monoisotopic (exact) mass is 428 g/mol. The third-order valence-electron chi connectivity index (χ3n) is 6.17. The summed E-state index contributed by atoms with van der Waals surface area (Å²) in [5.74, 6) is -0.153. The quantitative estimate of drug-likeness (QED) is 0.671. The van der Waals surface area contributed by atoms with E-state index >= 15 is 0 Å². The normalized spacial score (nSPS) is 23.9. The molecule has 1 aromatic carbocycles. The summed E-state index contributed by atoms with van der Waals surface area (Å²) in [6.45, 7) is 6.99. The summed E-state index contributed by atoms with van der Waals surface area (Å²) in [7, 11) is 0. The van der Waals surface area contributed by atoms with Crippen molar-refractivity contribution < 1.29 is 14.4 Å². The van der Waals surface area contributed by atoms with Gasteiger partial charge in [0.05, 0.1) is 5.92 Å². The number of urea groups is 1. The van der Waals surface area contributed by atoms with Crippen LogP contribution in [-0.4, -0.2) is 47.9 Å². The molecule has 0 aromatic heterocycles. The fraction of sp³-hybridized carbons (Fsp3) is 0.625. The predicted octanol–water partition coefficient (Wildman–Crippen LogP) is 3.44. The van der Waals surface area contributed by atoms with Gasteiger partial charge in [0.25, 0.3) is 0 Å². The van der Waals surface area contributed by atoms with Crippen molar-refractivity contribution in [1.82, 2.24) is 15.5 Å². The fourth-order valence-corrected chi connectivity index (χ4v) is 4.58. The zero-order valence-electron chi connectivity index (χ0n) is 18.9. The van der Waals surface area contributed by atoms with E-state index in [-0.39, 0.29) is 41.8 Å². The van der Waals surface area contributed by atoms with Gasteiger partial charge in [-0.05, 0) is 70.6 Å². The maximum atomic E-state index is 12.9. The van der Waals surface area contributed by atoms with E-state index in [1.165, 1.54) is 0 Å². The van der Waals surface area contributed by atoms with Crippen molar-refractivity contribution in [3.05, 3.63) is 29.8 Å². The summed E-state index contributed by atoms with van der Waals surface area (Å²) in [4.78, 5) is 39.7. The number of anilines is 1. The number of carbonyl (C=O) groups is 3. The first kappa shape index (κ1) is 23.1. The Morgan fingerprint density at radius 3 is 2.55 bits per heavy atom. The minimum absolute atomic E-state index is 0.00275. The average Bonchev–Trinajstić information content (AvgIpc) is 2.73. The van der Waals surface area contributed by atoms with E-state index in [2.05, 4.69) is 16.0 Å². The van der Waals surface area contributed by atoms with Crippen molar-refractivity contribution in [2.24, 2.45) is 11.8 Å². The molecule has 0 spiro atoms. The van der Waals surface area contributed by atoms with Gasteiger partial charge in [0, 0.05) is 36.8 Å². The van der Waals surface area contributed by atoms with Crippen molar-refractivity contribution in [3.63, 3.8) is 0 Å². The van der Waals surface area contributed by atoms with Crippen molar-refractivity contribution in [2.45, 2.75) is 71.4 Å². The number of hydrogen-bond acceptors (Lipinski definition) is 3. The second-order valence-corrected chi connectivity index (χ2v) is 9.32. The van der Waals surface area contributed by atoms with Gasteiger partial charge in [-0.3, -0.25) is 9.59 Å². The van der Waals surface area contributed by atoms with Crippen LogP contribution in [0.2, 0.25) is 0 Å². The Balaban J connectivity index is 1.51. The van der Waals surface area contributed by atoms with Gasteiger partial charge in [-0.2, -0.15) is 0 Å².